The van der Waals surface area contributed by atoms with Crippen molar-refractivity contribution in [1.82, 2.24) is 20.3 Å². The number of rotatable bonds is 4. The first-order valence-electron chi connectivity index (χ1n) is 5.69. The third-order valence-corrected chi connectivity index (χ3v) is 2.73. The van der Waals surface area contributed by atoms with E-state index in [1.165, 1.54) is 5.56 Å². The maximum Gasteiger partial charge on any atom is 0.0753 e. The molecule has 0 saturated heterocycles. The van der Waals surface area contributed by atoms with Gasteiger partial charge in [-0.15, -0.1) is 0 Å². The van der Waals surface area contributed by atoms with Gasteiger partial charge in [-0.2, -0.15) is 0 Å². The fourth-order valence-corrected chi connectivity index (χ4v) is 1.74. The Labute approximate surface area is 101 Å². The van der Waals surface area contributed by atoms with Gasteiger partial charge >= 0.3 is 0 Å². The van der Waals surface area contributed by atoms with Crippen LogP contribution in [-0.4, -0.2) is 15.0 Å². The van der Waals surface area contributed by atoms with Crippen molar-refractivity contribution in [3.8, 4) is 0 Å². The normalized spacial score (nSPS) is 14.2. The minimum absolute atomic E-state index is 0.173. The second kappa shape index (κ2) is 5.50. The van der Waals surface area contributed by atoms with Crippen molar-refractivity contribution in [2.75, 3.05) is 0 Å². The van der Waals surface area contributed by atoms with Crippen LogP contribution in [0.3, 0.4) is 0 Å². The molecule has 2 aromatic heterocycles. The van der Waals surface area contributed by atoms with Crippen molar-refractivity contribution in [3.05, 3.63) is 54.4 Å². The lowest BCUT2D eigenvalue weighted by Crippen LogP contribution is -2.23. The molecule has 4 nitrogen and oxygen atoms in total. The summed E-state index contributed by atoms with van der Waals surface area (Å²) in [7, 11) is 0. The summed E-state index contributed by atoms with van der Waals surface area (Å²) in [5, 5.41) is 3.48. The van der Waals surface area contributed by atoms with Crippen LogP contribution in [0.1, 0.15) is 37.2 Å². The Morgan fingerprint density at radius 3 is 2.35 bits per heavy atom. The summed E-state index contributed by atoms with van der Waals surface area (Å²) < 4.78 is 0. The molecule has 0 aliphatic carbocycles. The summed E-state index contributed by atoms with van der Waals surface area (Å²) in [6, 6.07) is 4.46. The fraction of sp³-hybridized carbons (Fsp3) is 0.308. The number of hydrogen-bond acceptors (Lipinski definition) is 4. The molecule has 1 N–H and O–H groups in total. The largest absolute Gasteiger partial charge is 0.302 e. The minimum Gasteiger partial charge on any atom is -0.302 e. The molecule has 0 amide bonds. The Morgan fingerprint density at radius 1 is 0.941 bits per heavy atom. The van der Waals surface area contributed by atoms with Gasteiger partial charge < -0.3 is 5.32 Å². The summed E-state index contributed by atoms with van der Waals surface area (Å²) in [6.07, 6.45) is 8.80. The number of aromatic nitrogens is 3. The van der Waals surface area contributed by atoms with Crippen molar-refractivity contribution >= 4 is 0 Å². The highest BCUT2D eigenvalue weighted by molar-refractivity contribution is 5.15. The molecule has 1 unspecified atom stereocenters. The first-order chi connectivity index (χ1) is 8.27. The third-order valence-electron chi connectivity index (χ3n) is 2.73. The zero-order chi connectivity index (χ0) is 12.1. The maximum atomic E-state index is 4.29. The van der Waals surface area contributed by atoms with Gasteiger partial charge in [0.05, 0.1) is 5.69 Å². The predicted molar refractivity (Wildman–Crippen MR) is 66.2 cm³/mol. The molecule has 0 aromatic carbocycles. The highest BCUT2D eigenvalue weighted by Gasteiger charge is 2.11. The molecule has 0 aliphatic heterocycles. The van der Waals surface area contributed by atoms with E-state index in [2.05, 4.69) is 34.1 Å². The highest BCUT2D eigenvalue weighted by atomic mass is 15.0. The Morgan fingerprint density at radius 2 is 1.71 bits per heavy atom. The van der Waals surface area contributed by atoms with Crippen molar-refractivity contribution in [2.45, 2.75) is 25.9 Å². The van der Waals surface area contributed by atoms with Gasteiger partial charge in [0.25, 0.3) is 0 Å². The fourth-order valence-electron chi connectivity index (χ4n) is 1.74. The molecule has 2 atom stereocenters. The number of nitrogens with zero attached hydrogens (tertiary/aromatic N) is 3. The second-order valence-electron chi connectivity index (χ2n) is 4.02. The summed E-state index contributed by atoms with van der Waals surface area (Å²) in [4.78, 5) is 12.4. The van der Waals surface area contributed by atoms with E-state index in [1.54, 1.807) is 31.0 Å². The average Bonchev–Trinajstić information content (AvgIpc) is 2.40. The Hall–Kier alpha value is -1.81. The van der Waals surface area contributed by atoms with Crippen molar-refractivity contribution in [2.24, 2.45) is 0 Å². The second-order valence-corrected chi connectivity index (χ2v) is 4.02. The Bertz CT molecular complexity index is 400. The van der Waals surface area contributed by atoms with Crippen molar-refractivity contribution in [1.29, 1.82) is 0 Å². The molecule has 17 heavy (non-hydrogen) atoms. The van der Waals surface area contributed by atoms with E-state index in [1.807, 2.05) is 12.1 Å². The van der Waals surface area contributed by atoms with Gasteiger partial charge in [0.15, 0.2) is 0 Å². The summed E-state index contributed by atoms with van der Waals surface area (Å²) in [5.74, 6) is 0. The molecule has 0 aliphatic rings. The van der Waals surface area contributed by atoms with Crippen LogP contribution < -0.4 is 5.32 Å². The number of nitrogens with one attached hydrogen (secondary N) is 1. The molecular formula is C13H16N4. The van der Waals surface area contributed by atoms with E-state index in [0.717, 1.165) is 5.69 Å². The van der Waals surface area contributed by atoms with Crippen LogP contribution in [0.25, 0.3) is 0 Å². The molecule has 4 heteroatoms. The van der Waals surface area contributed by atoms with Crippen LogP contribution in [0, 0.1) is 0 Å². The zero-order valence-electron chi connectivity index (χ0n) is 10.0. The third kappa shape index (κ3) is 3.07. The molecule has 0 spiro atoms. The molecule has 0 bridgehead atoms. The lowest BCUT2D eigenvalue weighted by atomic mass is 10.1. The van der Waals surface area contributed by atoms with E-state index in [9.17, 15) is 0 Å². The molecule has 2 aromatic rings. The lowest BCUT2D eigenvalue weighted by Gasteiger charge is -2.19. The van der Waals surface area contributed by atoms with Gasteiger partial charge in [-0.05, 0) is 31.5 Å². The number of pyridine rings is 1. The average molecular weight is 228 g/mol. The Kier molecular flexibility index (Phi) is 3.77. The van der Waals surface area contributed by atoms with E-state index >= 15 is 0 Å². The van der Waals surface area contributed by atoms with E-state index in [-0.39, 0.29) is 12.1 Å². The lowest BCUT2D eigenvalue weighted by molar-refractivity contribution is 0.485. The number of hydrogen-bond donors (Lipinski definition) is 1. The Balaban J connectivity index is 2.02. The molecule has 88 valence electrons. The van der Waals surface area contributed by atoms with E-state index in [4.69, 9.17) is 0 Å². The van der Waals surface area contributed by atoms with Crippen LogP contribution in [0.5, 0.6) is 0 Å². The first-order valence-corrected chi connectivity index (χ1v) is 5.69. The summed E-state index contributed by atoms with van der Waals surface area (Å²) >= 11 is 0. The summed E-state index contributed by atoms with van der Waals surface area (Å²) in [5.41, 5.74) is 2.17. The van der Waals surface area contributed by atoms with Gasteiger partial charge in [-0.1, -0.05) is 0 Å². The quantitative estimate of drug-likeness (QED) is 0.872. The van der Waals surface area contributed by atoms with Gasteiger partial charge in [0, 0.05) is 43.1 Å². The topological polar surface area (TPSA) is 50.7 Å². The van der Waals surface area contributed by atoms with E-state index in [0.29, 0.717) is 0 Å². The van der Waals surface area contributed by atoms with Crippen LogP contribution in [0.4, 0.5) is 0 Å². The van der Waals surface area contributed by atoms with Crippen LogP contribution in [0.15, 0.2) is 43.1 Å². The van der Waals surface area contributed by atoms with Crippen LogP contribution >= 0.6 is 0 Å². The van der Waals surface area contributed by atoms with Gasteiger partial charge in [0.2, 0.25) is 0 Å². The minimum atomic E-state index is 0.173. The maximum absolute atomic E-state index is 4.29. The van der Waals surface area contributed by atoms with Crippen molar-refractivity contribution < 1.29 is 0 Å². The first kappa shape index (κ1) is 11.7. The highest BCUT2D eigenvalue weighted by Crippen LogP contribution is 2.16. The van der Waals surface area contributed by atoms with Gasteiger partial charge in [-0.25, -0.2) is 0 Å². The molecular weight excluding hydrogens is 212 g/mol. The van der Waals surface area contributed by atoms with Crippen LogP contribution in [0.2, 0.25) is 0 Å². The smallest absolute Gasteiger partial charge is 0.0753 e. The standard InChI is InChI=1S/C13H16N4/c1-10(12-3-5-14-6-4-12)17-11(2)13-9-15-7-8-16-13/h3-11,17H,1-2H3/t10-,11?/m0/s1. The van der Waals surface area contributed by atoms with Crippen LogP contribution in [-0.2, 0) is 0 Å². The molecule has 2 rings (SSSR count). The van der Waals surface area contributed by atoms with Gasteiger partial charge in [0.1, 0.15) is 0 Å². The molecule has 0 fully saturated rings. The summed E-state index contributed by atoms with van der Waals surface area (Å²) in [6.45, 7) is 4.21. The molecule has 0 radical (unpaired) electrons. The van der Waals surface area contributed by atoms with E-state index < -0.39 is 0 Å². The van der Waals surface area contributed by atoms with Crippen molar-refractivity contribution in [3.63, 3.8) is 0 Å². The van der Waals surface area contributed by atoms with Gasteiger partial charge in [-0.3, -0.25) is 15.0 Å². The molecule has 2 heterocycles. The predicted octanol–water partition coefficient (Wildman–Crippen LogP) is 2.28. The molecule has 0 saturated carbocycles. The monoisotopic (exact) mass is 228 g/mol. The SMILES string of the molecule is CC(N[C@@H](C)c1ccncc1)c1cnccn1. The zero-order valence-corrected chi connectivity index (χ0v) is 10.0.